The predicted molar refractivity (Wildman–Crippen MR) is 85.8 cm³/mol. The third-order valence-corrected chi connectivity index (χ3v) is 5.21. The maximum Gasteiger partial charge on any atom is 0.0291 e. The van der Waals surface area contributed by atoms with Gasteiger partial charge in [-0.2, -0.15) is 0 Å². The van der Waals surface area contributed by atoms with Gasteiger partial charge in [-0.1, -0.05) is 31.9 Å². The maximum atomic E-state index is 3.71. The van der Waals surface area contributed by atoms with E-state index in [1.54, 1.807) is 11.8 Å². The van der Waals surface area contributed by atoms with Crippen LogP contribution in [0.5, 0.6) is 0 Å². The van der Waals surface area contributed by atoms with Gasteiger partial charge in [0.15, 0.2) is 0 Å². The zero-order valence-electron chi connectivity index (χ0n) is 12.5. The molecule has 0 bridgehead atoms. The Hall–Kier alpha value is -0.470. The Balaban J connectivity index is 1.78. The Morgan fingerprint density at radius 1 is 1.16 bits per heavy atom. The minimum atomic E-state index is 0.468. The Bertz CT molecular complexity index is 365. The van der Waals surface area contributed by atoms with Gasteiger partial charge >= 0.3 is 0 Å². The summed E-state index contributed by atoms with van der Waals surface area (Å²) in [6.07, 6.45) is 7.78. The van der Waals surface area contributed by atoms with Crippen LogP contribution >= 0.6 is 11.8 Å². The lowest BCUT2D eigenvalue weighted by atomic mass is 9.83. The van der Waals surface area contributed by atoms with Gasteiger partial charge in [0, 0.05) is 10.9 Å². The van der Waals surface area contributed by atoms with Crippen LogP contribution in [0.1, 0.15) is 51.1 Å². The average molecular weight is 277 g/mol. The summed E-state index contributed by atoms with van der Waals surface area (Å²) in [5.74, 6) is 1.84. The molecule has 1 aliphatic carbocycles. The van der Waals surface area contributed by atoms with Crippen LogP contribution in [0.3, 0.4) is 0 Å². The highest BCUT2D eigenvalue weighted by Crippen LogP contribution is 2.28. The van der Waals surface area contributed by atoms with E-state index in [4.69, 9.17) is 0 Å². The van der Waals surface area contributed by atoms with E-state index in [0.29, 0.717) is 6.04 Å². The Labute approximate surface area is 122 Å². The number of thioether (sulfide) groups is 1. The minimum absolute atomic E-state index is 0.468. The van der Waals surface area contributed by atoms with E-state index in [2.05, 4.69) is 49.7 Å². The van der Waals surface area contributed by atoms with Gasteiger partial charge in [0.1, 0.15) is 0 Å². The van der Waals surface area contributed by atoms with E-state index in [9.17, 15) is 0 Å². The first-order valence-corrected chi connectivity index (χ1v) is 8.79. The van der Waals surface area contributed by atoms with Crippen molar-refractivity contribution in [3.8, 4) is 0 Å². The van der Waals surface area contributed by atoms with Gasteiger partial charge in [0.25, 0.3) is 0 Å². The molecule has 0 amide bonds. The Morgan fingerprint density at radius 3 is 2.37 bits per heavy atom. The molecule has 0 aliphatic heterocycles. The summed E-state index contributed by atoms with van der Waals surface area (Å²) >= 11 is 1.81. The molecule has 1 aromatic carbocycles. The smallest absolute Gasteiger partial charge is 0.0291 e. The minimum Gasteiger partial charge on any atom is -0.310 e. The molecule has 0 radical (unpaired) electrons. The quantitative estimate of drug-likeness (QED) is 0.769. The molecule has 106 valence electrons. The molecule has 0 spiro atoms. The molecule has 2 heteroatoms. The molecule has 2 rings (SSSR count). The molecular weight excluding hydrogens is 250 g/mol. The first kappa shape index (κ1) is 14.9. The van der Waals surface area contributed by atoms with Crippen LogP contribution in [-0.4, -0.2) is 12.8 Å². The second-order valence-corrected chi connectivity index (χ2v) is 6.91. The van der Waals surface area contributed by atoms with Crippen molar-refractivity contribution in [2.75, 3.05) is 12.8 Å². The van der Waals surface area contributed by atoms with Crippen LogP contribution in [-0.2, 0) is 0 Å². The number of hydrogen-bond donors (Lipinski definition) is 1. The largest absolute Gasteiger partial charge is 0.310 e. The Morgan fingerprint density at radius 2 is 1.79 bits per heavy atom. The second kappa shape index (κ2) is 7.35. The first-order chi connectivity index (χ1) is 9.19. The van der Waals surface area contributed by atoms with Crippen LogP contribution in [0, 0.1) is 11.8 Å². The SMILES string of the molecule is CSc1ccc(C(C)NCC2CCC(C)CC2)cc1. The fraction of sp³-hybridized carbons (Fsp3) is 0.647. The van der Waals surface area contributed by atoms with Crippen molar-refractivity contribution in [2.24, 2.45) is 11.8 Å². The number of rotatable bonds is 5. The number of hydrogen-bond acceptors (Lipinski definition) is 2. The van der Waals surface area contributed by atoms with E-state index < -0.39 is 0 Å². The zero-order chi connectivity index (χ0) is 13.7. The summed E-state index contributed by atoms with van der Waals surface area (Å²) < 4.78 is 0. The van der Waals surface area contributed by atoms with Crippen LogP contribution in [0.15, 0.2) is 29.2 Å². The maximum absolute atomic E-state index is 3.71. The lowest BCUT2D eigenvalue weighted by Gasteiger charge is -2.27. The predicted octanol–water partition coefficient (Wildman–Crippen LogP) is 4.89. The van der Waals surface area contributed by atoms with Crippen LogP contribution in [0.2, 0.25) is 0 Å². The molecule has 1 aliphatic rings. The van der Waals surface area contributed by atoms with Gasteiger partial charge in [-0.05, 0) is 62.1 Å². The van der Waals surface area contributed by atoms with Gasteiger partial charge in [-0.15, -0.1) is 11.8 Å². The standard InChI is InChI=1S/C17H27NS/c1-13-4-6-15(7-5-13)12-18-14(2)16-8-10-17(19-3)11-9-16/h8-11,13-15,18H,4-7,12H2,1-3H3. The summed E-state index contributed by atoms with van der Waals surface area (Å²) in [4.78, 5) is 1.34. The molecule has 0 aromatic heterocycles. The third kappa shape index (κ3) is 4.54. The summed E-state index contributed by atoms with van der Waals surface area (Å²) in [6, 6.07) is 9.43. The summed E-state index contributed by atoms with van der Waals surface area (Å²) in [7, 11) is 0. The van der Waals surface area contributed by atoms with Crippen molar-refractivity contribution in [3.05, 3.63) is 29.8 Å². The van der Waals surface area contributed by atoms with Gasteiger partial charge < -0.3 is 5.32 Å². The van der Waals surface area contributed by atoms with Crippen molar-refractivity contribution in [2.45, 2.75) is 50.5 Å². The van der Waals surface area contributed by atoms with Gasteiger partial charge in [-0.3, -0.25) is 0 Å². The lowest BCUT2D eigenvalue weighted by Crippen LogP contribution is -2.28. The van der Waals surface area contributed by atoms with E-state index >= 15 is 0 Å². The van der Waals surface area contributed by atoms with Crippen molar-refractivity contribution in [1.29, 1.82) is 0 Å². The molecular formula is C17H27NS. The summed E-state index contributed by atoms with van der Waals surface area (Å²) in [5.41, 5.74) is 1.40. The van der Waals surface area contributed by atoms with E-state index in [1.807, 2.05) is 0 Å². The Kier molecular flexibility index (Phi) is 5.77. The summed E-state index contributed by atoms with van der Waals surface area (Å²) in [6.45, 7) is 5.84. The molecule has 1 N–H and O–H groups in total. The molecule has 0 heterocycles. The highest BCUT2D eigenvalue weighted by atomic mass is 32.2. The first-order valence-electron chi connectivity index (χ1n) is 7.56. The normalized spacial score (nSPS) is 25.2. The van der Waals surface area contributed by atoms with Gasteiger partial charge in [-0.25, -0.2) is 0 Å². The average Bonchev–Trinajstić information content (AvgIpc) is 2.46. The van der Waals surface area contributed by atoms with E-state index in [1.165, 1.54) is 42.7 Å². The van der Waals surface area contributed by atoms with Crippen LogP contribution in [0.4, 0.5) is 0 Å². The number of nitrogens with one attached hydrogen (secondary N) is 1. The monoisotopic (exact) mass is 277 g/mol. The molecule has 1 atom stereocenters. The molecule has 1 unspecified atom stereocenters. The van der Waals surface area contributed by atoms with Crippen molar-refractivity contribution in [3.63, 3.8) is 0 Å². The zero-order valence-corrected chi connectivity index (χ0v) is 13.3. The van der Waals surface area contributed by atoms with Crippen LogP contribution < -0.4 is 5.32 Å². The molecule has 19 heavy (non-hydrogen) atoms. The van der Waals surface area contributed by atoms with Gasteiger partial charge in [0.2, 0.25) is 0 Å². The molecule has 1 saturated carbocycles. The highest BCUT2D eigenvalue weighted by Gasteiger charge is 2.18. The molecule has 1 fully saturated rings. The van der Waals surface area contributed by atoms with E-state index in [-0.39, 0.29) is 0 Å². The highest BCUT2D eigenvalue weighted by molar-refractivity contribution is 7.98. The van der Waals surface area contributed by atoms with Crippen LogP contribution in [0.25, 0.3) is 0 Å². The van der Waals surface area contributed by atoms with Gasteiger partial charge in [0.05, 0.1) is 0 Å². The fourth-order valence-electron chi connectivity index (χ4n) is 2.89. The van der Waals surface area contributed by atoms with Crippen molar-refractivity contribution < 1.29 is 0 Å². The number of benzene rings is 1. The molecule has 1 nitrogen and oxygen atoms in total. The van der Waals surface area contributed by atoms with Crippen molar-refractivity contribution >= 4 is 11.8 Å². The lowest BCUT2D eigenvalue weighted by molar-refractivity contribution is 0.276. The molecule has 1 aromatic rings. The third-order valence-electron chi connectivity index (χ3n) is 4.46. The second-order valence-electron chi connectivity index (χ2n) is 6.03. The molecule has 0 saturated heterocycles. The van der Waals surface area contributed by atoms with Crippen molar-refractivity contribution in [1.82, 2.24) is 5.32 Å². The van der Waals surface area contributed by atoms with E-state index in [0.717, 1.165) is 11.8 Å². The topological polar surface area (TPSA) is 12.0 Å². The fourth-order valence-corrected chi connectivity index (χ4v) is 3.30. The summed E-state index contributed by atoms with van der Waals surface area (Å²) in [5, 5.41) is 3.71.